The molecule has 9 heteroatoms. The molecule has 2 aliphatic heterocycles. The fourth-order valence-corrected chi connectivity index (χ4v) is 7.27. The third-order valence-corrected chi connectivity index (χ3v) is 9.69. The van der Waals surface area contributed by atoms with Gasteiger partial charge in [-0.1, -0.05) is 54.6 Å². The van der Waals surface area contributed by atoms with E-state index in [4.69, 9.17) is 0 Å². The Bertz CT molecular complexity index is 1820. The number of rotatable bonds is 5. The quantitative estimate of drug-likeness (QED) is 0.290. The molecule has 0 aromatic heterocycles. The van der Waals surface area contributed by atoms with Crippen molar-refractivity contribution in [2.24, 2.45) is 0 Å². The summed E-state index contributed by atoms with van der Waals surface area (Å²) in [6.45, 7) is 0. The third-order valence-electron chi connectivity index (χ3n) is 6.02. The highest BCUT2D eigenvalue weighted by molar-refractivity contribution is 7.97. The molecule has 1 N–H and O–H groups in total. The number of aliphatic hydroxyl groups excluding tert-OH is 1. The van der Waals surface area contributed by atoms with Crippen LogP contribution in [-0.2, 0) is 19.7 Å². The van der Waals surface area contributed by atoms with Gasteiger partial charge >= 0.3 is 0 Å². The Balaban J connectivity index is 1.61. The van der Waals surface area contributed by atoms with Gasteiger partial charge in [0.05, 0.1) is 9.79 Å². The summed E-state index contributed by atoms with van der Waals surface area (Å²) in [5, 5.41) is 10.6. The zero-order valence-electron chi connectivity index (χ0n) is 19.0. The molecule has 0 atom stereocenters. The Hall–Kier alpha value is -4.34. The van der Waals surface area contributed by atoms with Crippen LogP contribution >= 0.6 is 0 Å². The molecular formula is C28H18O7S2. The molecule has 5 rings (SSSR count). The smallest absolute Gasteiger partial charge is 0.211 e. The number of benzene rings is 3. The lowest BCUT2D eigenvalue weighted by Gasteiger charge is -2.03. The van der Waals surface area contributed by atoms with Crippen molar-refractivity contribution in [1.29, 1.82) is 0 Å². The van der Waals surface area contributed by atoms with Crippen molar-refractivity contribution in [3.63, 3.8) is 0 Å². The molecule has 37 heavy (non-hydrogen) atoms. The topological polar surface area (TPSA) is 123 Å². The van der Waals surface area contributed by atoms with E-state index in [1.165, 1.54) is 42.5 Å². The van der Waals surface area contributed by atoms with E-state index in [-0.39, 0.29) is 32.1 Å². The summed E-state index contributed by atoms with van der Waals surface area (Å²) < 4.78 is 51.8. The Kier molecular flexibility index (Phi) is 5.89. The summed E-state index contributed by atoms with van der Waals surface area (Å²) in [7, 11) is -8.13. The van der Waals surface area contributed by atoms with E-state index in [0.717, 1.165) is 18.2 Å². The van der Waals surface area contributed by atoms with Crippen LogP contribution in [0.1, 0.15) is 26.3 Å². The zero-order valence-corrected chi connectivity index (χ0v) is 20.7. The van der Waals surface area contributed by atoms with Crippen LogP contribution in [0.25, 0.3) is 5.76 Å². The minimum Gasteiger partial charge on any atom is -0.506 e. The lowest BCUT2D eigenvalue weighted by Crippen LogP contribution is -2.04. The summed E-state index contributed by atoms with van der Waals surface area (Å²) in [5.41, 5.74) is 0.351. The molecule has 2 aliphatic rings. The number of carbonyl (C=O) groups excluding carboxylic acids is 2. The summed E-state index contributed by atoms with van der Waals surface area (Å²) in [6, 6.07) is 19.8. The first-order valence-corrected chi connectivity index (χ1v) is 14.0. The average molecular weight is 531 g/mol. The second kappa shape index (κ2) is 8.95. The van der Waals surface area contributed by atoms with E-state index in [2.05, 4.69) is 0 Å². The second-order valence-corrected chi connectivity index (χ2v) is 12.0. The van der Waals surface area contributed by atoms with Crippen LogP contribution in [0, 0.1) is 0 Å². The fourth-order valence-electron chi connectivity index (χ4n) is 4.16. The van der Waals surface area contributed by atoms with Gasteiger partial charge in [-0.15, -0.1) is 0 Å². The highest BCUT2D eigenvalue weighted by atomic mass is 32.2. The minimum absolute atomic E-state index is 0.0403. The van der Waals surface area contributed by atoms with Gasteiger partial charge in [0.25, 0.3) is 0 Å². The number of ketones is 2. The number of carbonyl (C=O) groups is 2. The van der Waals surface area contributed by atoms with Crippen molar-refractivity contribution in [3.05, 3.63) is 135 Å². The maximum Gasteiger partial charge on any atom is 0.211 e. The number of allylic oxidation sites excluding steroid dienone is 6. The van der Waals surface area contributed by atoms with E-state index in [1.54, 1.807) is 42.5 Å². The highest BCUT2D eigenvalue weighted by Gasteiger charge is 2.38. The largest absolute Gasteiger partial charge is 0.506 e. The maximum atomic E-state index is 13.3. The monoisotopic (exact) mass is 530 g/mol. The minimum atomic E-state index is -4.09. The van der Waals surface area contributed by atoms with E-state index in [1.807, 2.05) is 0 Å². The van der Waals surface area contributed by atoms with Crippen molar-refractivity contribution in [2.45, 2.75) is 9.79 Å². The number of hydrogen-bond donors (Lipinski definition) is 1. The third kappa shape index (κ3) is 3.98. The van der Waals surface area contributed by atoms with E-state index < -0.39 is 46.8 Å². The Morgan fingerprint density at radius 1 is 0.730 bits per heavy atom. The molecule has 0 amide bonds. The van der Waals surface area contributed by atoms with Gasteiger partial charge in [-0.05, 0) is 48.6 Å². The molecule has 0 bridgehead atoms. The summed E-state index contributed by atoms with van der Waals surface area (Å²) in [4.78, 5) is 25.0. The van der Waals surface area contributed by atoms with Gasteiger partial charge in [-0.2, -0.15) is 0 Å². The highest BCUT2D eigenvalue weighted by Crippen LogP contribution is 2.38. The van der Waals surface area contributed by atoms with Crippen molar-refractivity contribution >= 4 is 37.0 Å². The number of aliphatic hydroxyl groups is 1. The first-order chi connectivity index (χ1) is 17.6. The SMILES string of the molecule is O=C(C(=C\C=C1\C(=O)c2ccccc2S1(=O)=O)/C=C/C1=C(O)c2ccccc2S1(=O)=O)c1ccccc1. The van der Waals surface area contributed by atoms with Crippen molar-refractivity contribution < 1.29 is 31.5 Å². The van der Waals surface area contributed by atoms with Crippen LogP contribution < -0.4 is 0 Å². The van der Waals surface area contributed by atoms with Gasteiger partial charge in [-0.3, -0.25) is 9.59 Å². The Morgan fingerprint density at radius 3 is 1.92 bits per heavy atom. The maximum absolute atomic E-state index is 13.3. The van der Waals surface area contributed by atoms with Gasteiger partial charge in [-0.25, -0.2) is 16.8 Å². The molecule has 3 aromatic carbocycles. The first-order valence-electron chi connectivity index (χ1n) is 11.0. The number of Topliss-reactive ketones (excluding diaryl/α,β-unsaturated/α-hetero) is 2. The molecule has 7 nitrogen and oxygen atoms in total. The molecule has 0 saturated heterocycles. The molecule has 0 aliphatic carbocycles. The lowest BCUT2D eigenvalue weighted by molar-refractivity contribution is 0.103. The van der Waals surface area contributed by atoms with Crippen LogP contribution in [0.4, 0.5) is 0 Å². The fraction of sp³-hybridized carbons (Fsp3) is 0. The Morgan fingerprint density at radius 2 is 1.30 bits per heavy atom. The van der Waals surface area contributed by atoms with Crippen LogP contribution in [0.2, 0.25) is 0 Å². The summed E-state index contributed by atoms with van der Waals surface area (Å²) in [6.07, 6.45) is 4.48. The standard InChI is InChI=1S/C28H18O7S2/c29-26(18-8-2-1-3-9-18)19(14-16-24-27(30)20-10-4-6-12-22(20)36(24,32)33)15-17-25-28(31)21-11-5-7-13-23(21)37(25,34)35/h1-17,30H/b16-14+,19-15-,25-17-. The average Bonchev–Trinajstić information content (AvgIpc) is 3.22. The van der Waals surface area contributed by atoms with Crippen LogP contribution in [0.5, 0.6) is 0 Å². The molecule has 0 saturated carbocycles. The lowest BCUT2D eigenvalue weighted by atomic mass is 10.0. The van der Waals surface area contributed by atoms with E-state index in [0.29, 0.717) is 0 Å². The van der Waals surface area contributed by atoms with Crippen LogP contribution in [-0.4, -0.2) is 33.5 Å². The predicted octanol–water partition coefficient (Wildman–Crippen LogP) is 4.62. The molecule has 3 aromatic rings. The van der Waals surface area contributed by atoms with Crippen LogP contribution in [0.3, 0.4) is 0 Å². The molecule has 0 unspecified atom stereocenters. The number of hydrogen-bond acceptors (Lipinski definition) is 7. The molecule has 2 heterocycles. The Labute approximate surface area is 213 Å². The van der Waals surface area contributed by atoms with Crippen molar-refractivity contribution in [1.82, 2.24) is 0 Å². The predicted molar refractivity (Wildman–Crippen MR) is 137 cm³/mol. The summed E-state index contributed by atoms with van der Waals surface area (Å²) >= 11 is 0. The number of sulfone groups is 2. The van der Waals surface area contributed by atoms with Gasteiger partial charge in [0.2, 0.25) is 25.5 Å². The summed E-state index contributed by atoms with van der Waals surface area (Å²) in [5.74, 6) is -1.70. The molecule has 0 radical (unpaired) electrons. The van der Waals surface area contributed by atoms with E-state index in [9.17, 15) is 31.5 Å². The number of fused-ring (bicyclic) bond motifs is 2. The van der Waals surface area contributed by atoms with Gasteiger partial charge in [0.1, 0.15) is 15.6 Å². The van der Waals surface area contributed by atoms with E-state index >= 15 is 0 Å². The van der Waals surface area contributed by atoms with Gasteiger partial charge in [0, 0.05) is 22.3 Å². The molecular weight excluding hydrogens is 512 g/mol. The van der Waals surface area contributed by atoms with Crippen LogP contribution in [0.15, 0.2) is 128 Å². The van der Waals surface area contributed by atoms with Gasteiger partial charge < -0.3 is 5.11 Å². The molecule has 184 valence electrons. The first kappa shape index (κ1) is 24.4. The van der Waals surface area contributed by atoms with Crippen molar-refractivity contribution in [2.75, 3.05) is 0 Å². The molecule has 0 spiro atoms. The second-order valence-electron chi connectivity index (χ2n) is 8.22. The molecule has 0 fully saturated rings. The van der Waals surface area contributed by atoms with Gasteiger partial charge in [0.15, 0.2) is 5.78 Å². The zero-order chi connectivity index (χ0) is 26.4. The van der Waals surface area contributed by atoms with Crippen molar-refractivity contribution in [3.8, 4) is 0 Å². The normalized spacial score (nSPS) is 18.9.